The van der Waals surface area contributed by atoms with Crippen LogP contribution in [0.1, 0.15) is 5.56 Å². The maximum atomic E-state index is 13.2. The number of rotatable bonds is 6. The Labute approximate surface area is 152 Å². The fourth-order valence-electron chi connectivity index (χ4n) is 2.26. The van der Waals surface area contributed by atoms with Crippen LogP contribution in [-0.4, -0.2) is 20.5 Å². The summed E-state index contributed by atoms with van der Waals surface area (Å²) in [6.07, 6.45) is 1.83. The predicted octanol–water partition coefficient (Wildman–Crippen LogP) is 5.17. The van der Waals surface area contributed by atoms with E-state index in [2.05, 4.69) is 44.8 Å². The van der Waals surface area contributed by atoms with E-state index in [9.17, 15) is 4.39 Å². The number of halogens is 2. The Bertz CT molecular complexity index is 828. The van der Waals surface area contributed by atoms with Crippen molar-refractivity contribution in [2.45, 2.75) is 11.7 Å². The number of hydrogen-bond acceptors (Lipinski definition) is 3. The Morgan fingerprint density at radius 1 is 1.08 bits per heavy atom. The highest BCUT2D eigenvalue weighted by molar-refractivity contribution is 9.10. The average molecular weight is 404 g/mol. The van der Waals surface area contributed by atoms with Crippen molar-refractivity contribution in [3.05, 3.63) is 77.0 Å². The van der Waals surface area contributed by atoms with Gasteiger partial charge in [0.05, 0.1) is 6.54 Å². The second kappa shape index (κ2) is 7.77. The summed E-state index contributed by atoms with van der Waals surface area (Å²) in [5, 5.41) is 9.42. The van der Waals surface area contributed by atoms with Gasteiger partial charge in [-0.25, -0.2) is 4.39 Å². The third kappa shape index (κ3) is 3.94. The summed E-state index contributed by atoms with van der Waals surface area (Å²) in [5.74, 6) is 1.21. The zero-order chi connectivity index (χ0) is 16.9. The lowest BCUT2D eigenvalue weighted by Gasteiger charge is -2.10. The minimum atomic E-state index is -0.265. The molecule has 1 aromatic heterocycles. The maximum absolute atomic E-state index is 13.2. The molecule has 0 spiro atoms. The molecule has 0 saturated carbocycles. The van der Waals surface area contributed by atoms with E-state index in [-0.39, 0.29) is 5.82 Å². The van der Waals surface area contributed by atoms with Crippen molar-refractivity contribution >= 4 is 27.7 Å². The molecule has 122 valence electrons. The minimum Gasteiger partial charge on any atom is -0.298 e. The lowest BCUT2D eigenvalue weighted by atomic mass is 10.2. The van der Waals surface area contributed by atoms with Gasteiger partial charge in [-0.05, 0) is 42.0 Å². The van der Waals surface area contributed by atoms with Gasteiger partial charge in [0.2, 0.25) is 0 Å². The monoisotopic (exact) mass is 403 g/mol. The smallest absolute Gasteiger partial charge is 0.192 e. The van der Waals surface area contributed by atoms with Gasteiger partial charge in [0.1, 0.15) is 5.82 Å². The van der Waals surface area contributed by atoms with Crippen molar-refractivity contribution in [1.29, 1.82) is 0 Å². The predicted molar refractivity (Wildman–Crippen MR) is 99.6 cm³/mol. The van der Waals surface area contributed by atoms with Gasteiger partial charge < -0.3 is 0 Å². The van der Waals surface area contributed by atoms with Crippen LogP contribution in [0.3, 0.4) is 0 Å². The molecule has 24 heavy (non-hydrogen) atoms. The van der Waals surface area contributed by atoms with Gasteiger partial charge in [-0.1, -0.05) is 45.9 Å². The third-order valence-electron chi connectivity index (χ3n) is 3.40. The van der Waals surface area contributed by atoms with E-state index in [0.29, 0.717) is 6.54 Å². The second-order valence-corrected chi connectivity index (χ2v) is 7.03. The molecule has 0 aliphatic rings. The van der Waals surface area contributed by atoms with E-state index >= 15 is 0 Å². The summed E-state index contributed by atoms with van der Waals surface area (Å²) in [5.41, 5.74) is 1.98. The molecular weight excluding hydrogens is 389 g/mol. The minimum absolute atomic E-state index is 0.265. The van der Waals surface area contributed by atoms with Gasteiger partial charge in [0.25, 0.3) is 0 Å². The summed E-state index contributed by atoms with van der Waals surface area (Å²) in [4.78, 5) is 0. The van der Waals surface area contributed by atoms with Crippen LogP contribution >= 0.6 is 27.7 Å². The van der Waals surface area contributed by atoms with E-state index in [0.717, 1.165) is 32.3 Å². The number of thioether (sulfide) groups is 1. The molecule has 0 saturated heterocycles. The molecule has 1 heterocycles. The summed E-state index contributed by atoms with van der Waals surface area (Å²) in [6.45, 7) is 4.39. The summed E-state index contributed by atoms with van der Waals surface area (Å²) in [7, 11) is 0. The summed E-state index contributed by atoms with van der Waals surface area (Å²) < 4.78 is 16.3. The van der Waals surface area contributed by atoms with Crippen LogP contribution in [0.4, 0.5) is 4.39 Å². The van der Waals surface area contributed by atoms with Crippen LogP contribution in [0.5, 0.6) is 0 Å². The highest BCUT2D eigenvalue weighted by Crippen LogP contribution is 2.25. The lowest BCUT2D eigenvalue weighted by molar-refractivity contribution is 0.628. The quantitative estimate of drug-likeness (QED) is 0.419. The summed E-state index contributed by atoms with van der Waals surface area (Å²) in [6, 6.07) is 14.4. The van der Waals surface area contributed by atoms with Crippen molar-refractivity contribution in [1.82, 2.24) is 14.8 Å². The topological polar surface area (TPSA) is 30.7 Å². The molecule has 3 rings (SSSR count). The average Bonchev–Trinajstić information content (AvgIpc) is 2.98. The first-order chi connectivity index (χ1) is 11.7. The van der Waals surface area contributed by atoms with Crippen LogP contribution < -0.4 is 0 Å². The van der Waals surface area contributed by atoms with Gasteiger partial charge in [0.15, 0.2) is 11.0 Å². The van der Waals surface area contributed by atoms with Gasteiger partial charge >= 0.3 is 0 Å². The Balaban J connectivity index is 1.99. The Kier molecular flexibility index (Phi) is 5.48. The van der Waals surface area contributed by atoms with Crippen LogP contribution in [-0.2, 0) is 6.54 Å². The molecular formula is C18H15BrFN3S. The fraction of sp³-hybridized carbons (Fsp3) is 0.111. The third-order valence-corrected chi connectivity index (χ3v) is 4.89. The molecule has 0 atom stereocenters. The largest absolute Gasteiger partial charge is 0.298 e. The SMILES string of the molecule is C=CCSc1nnc(-c2ccc(F)cc2)n1Cc1ccc(Br)cc1. The Morgan fingerprint density at radius 3 is 2.46 bits per heavy atom. The Hall–Kier alpha value is -1.92. The highest BCUT2D eigenvalue weighted by Gasteiger charge is 2.14. The van der Waals surface area contributed by atoms with Crippen LogP contribution in [0.2, 0.25) is 0 Å². The number of hydrogen-bond donors (Lipinski definition) is 0. The molecule has 0 aliphatic carbocycles. The first kappa shape index (κ1) is 16.9. The first-order valence-corrected chi connectivity index (χ1v) is 9.12. The van der Waals surface area contributed by atoms with Gasteiger partial charge in [-0.2, -0.15) is 0 Å². The second-order valence-electron chi connectivity index (χ2n) is 5.13. The van der Waals surface area contributed by atoms with Crippen molar-refractivity contribution in [3.63, 3.8) is 0 Å². The van der Waals surface area contributed by atoms with E-state index in [1.165, 1.54) is 12.1 Å². The molecule has 0 radical (unpaired) electrons. The Morgan fingerprint density at radius 2 is 1.79 bits per heavy atom. The number of nitrogens with zero attached hydrogens (tertiary/aromatic N) is 3. The van der Waals surface area contributed by atoms with Crippen molar-refractivity contribution in [2.24, 2.45) is 0 Å². The number of aromatic nitrogens is 3. The lowest BCUT2D eigenvalue weighted by Crippen LogP contribution is -2.04. The van der Waals surface area contributed by atoms with Gasteiger partial charge in [-0.15, -0.1) is 16.8 Å². The fourth-order valence-corrected chi connectivity index (χ4v) is 3.19. The van der Waals surface area contributed by atoms with E-state index in [4.69, 9.17) is 0 Å². The molecule has 0 fully saturated rings. The zero-order valence-electron chi connectivity index (χ0n) is 12.8. The van der Waals surface area contributed by atoms with E-state index < -0.39 is 0 Å². The van der Waals surface area contributed by atoms with E-state index in [1.807, 2.05) is 22.8 Å². The molecule has 3 nitrogen and oxygen atoms in total. The molecule has 6 heteroatoms. The first-order valence-electron chi connectivity index (χ1n) is 7.34. The van der Waals surface area contributed by atoms with Crippen LogP contribution in [0, 0.1) is 5.82 Å². The van der Waals surface area contributed by atoms with Crippen LogP contribution in [0.25, 0.3) is 11.4 Å². The molecule has 3 aromatic rings. The molecule has 0 N–H and O–H groups in total. The maximum Gasteiger partial charge on any atom is 0.192 e. The molecule has 2 aromatic carbocycles. The normalized spacial score (nSPS) is 10.8. The molecule has 0 aliphatic heterocycles. The molecule has 0 unspecified atom stereocenters. The molecule has 0 bridgehead atoms. The van der Waals surface area contributed by atoms with Crippen LogP contribution in [0.15, 0.2) is 70.8 Å². The standard InChI is InChI=1S/C18H15BrFN3S/c1-2-11-24-18-22-21-17(14-5-9-16(20)10-6-14)23(18)12-13-3-7-15(19)8-4-13/h2-10H,1,11-12H2. The van der Waals surface area contributed by atoms with Crippen molar-refractivity contribution in [2.75, 3.05) is 5.75 Å². The summed E-state index contributed by atoms with van der Waals surface area (Å²) >= 11 is 5.02. The zero-order valence-corrected chi connectivity index (χ0v) is 15.2. The van der Waals surface area contributed by atoms with Gasteiger partial charge in [-0.3, -0.25) is 4.57 Å². The van der Waals surface area contributed by atoms with Gasteiger partial charge in [0, 0.05) is 15.8 Å². The van der Waals surface area contributed by atoms with Crippen molar-refractivity contribution in [3.8, 4) is 11.4 Å². The molecule has 0 amide bonds. The number of benzene rings is 2. The van der Waals surface area contributed by atoms with E-state index in [1.54, 1.807) is 23.9 Å². The highest BCUT2D eigenvalue weighted by atomic mass is 79.9. The van der Waals surface area contributed by atoms with Crippen molar-refractivity contribution < 1.29 is 4.39 Å².